The highest BCUT2D eigenvalue weighted by Gasteiger charge is 2.19. The molecule has 0 saturated carbocycles. The van der Waals surface area contributed by atoms with E-state index in [-0.39, 0.29) is 0 Å². The number of pyridine rings is 3. The average molecular weight is 505 g/mol. The number of rotatable bonds is 7. The quantitative estimate of drug-likeness (QED) is 0.277. The molecule has 5 aromatic rings. The van der Waals surface area contributed by atoms with Crippen molar-refractivity contribution < 1.29 is 0 Å². The molecule has 1 aliphatic rings. The molecule has 4 aromatic heterocycles. The third-order valence-corrected chi connectivity index (χ3v) is 7.75. The van der Waals surface area contributed by atoms with E-state index in [9.17, 15) is 0 Å². The van der Waals surface area contributed by atoms with Gasteiger partial charge in [-0.05, 0) is 88.2 Å². The fraction of sp³-hybridized carbons (Fsp3) is 0.344. The molecule has 0 radical (unpaired) electrons. The molecule has 0 aliphatic carbocycles. The van der Waals surface area contributed by atoms with Gasteiger partial charge in [-0.1, -0.05) is 18.2 Å². The normalized spacial score (nSPS) is 15.2. The van der Waals surface area contributed by atoms with Crippen molar-refractivity contribution in [3.05, 3.63) is 84.3 Å². The minimum atomic E-state index is 0.649. The predicted molar refractivity (Wildman–Crippen MR) is 155 cm³/mol. The molecule has 1 aliphatic heterocycles. The van der Waals surface area contributed by atoms with E-state index in [4.69, 9.17) is 15.0 Å². The first kappa shape index (κ1) is 24.7. The van der Waals surface area contributed by atoms with E-state index >= 15 is 0 Å². The Morgan fingerprint density at radius 1 is 0.895 bits per heavy atom. The van der Waals surface area contributed by atoms with Crippen molar-refractivity contribution in [3.8, 4) is 22.6 Å². The molecule has 0 N–H and O–H groups in total. The van der Waals surface area contributed by atoms with Crippen molar-refractivity contribution in [3.63, 3.8) is 0 Å². The molecule has 1 saturated heterocycles. The second-order valence-electron chi connectivity index (χ2n) is 10.7. The molecule has 6 heteroatoms. The first-order valence-corrected chi connectivity index (χ1v) is 13.8. The number of nitrogens with zero attached hydrogens (tertiary/aromatic N) is 6. The number of aryl methyl sites for hydroxylation is 2. The number of aromatic nitrogens is 4. The molecule has 38 heavy (non-hydrogen) atoms. The van der Waals surface area contributed by atoms with Crippen LogP contribution in [0, 0.1) is 6.92 Å². The van der Waals surface area contributed by atoms with Gasteiger partial charge >= 0.3 is 0 Å². The molecule has 0 atom stereocenters. The zero-order valence-electron chi connectivity index (χ0n) is 22.6. The Morgan fingerprint density at radius 2 is 1.76 bits per heavy atom. The predicted octanol–water partition coefficient (Wildman–Crippen LogP) is 5.88. The van der Waals surface area contributed by atoms with E-state index in [0.717, 1.165) is 58.9 Å². The van der Waals surface area contributed by atoms with Crippen molar-refractivity contribution in [1.82, 2.24) is 29.2 Å². The molecule has 6 rings (SSSR count). The smallest absolute Gasteiger partial charge is 0.138 e. The van der Waals surface area contributed by atoms with Crippen molar-refractivity contribution in [2.75, 3.05) is 32.7 Å². The first-order valence-electron chi connectivity index (χ1n) is 13.8. The van der Waals surface area contributed by atoms with E-state index in [2.05, 4.69) is 70.8 Å². The summed E-state index contributed by atoms with van der Waals surface area (Å²) in [5, 5.41) is 1.17. The van der Waals surface area contributed by atoms with Gasteiger partial charge in [-0.2, -0.15) is 0 Å². The summed E-state index contributed by atoms with van der Waals surface area (Å²) < 4.78 is 2.16. The number of benzene rings is 1. The minimum absolute atomic E-state index is 0.649. The molecule has 0 unspecified atom stereocenters. The van der Waals surface area contributed by atoms with Gasteiger partial charge in [0, 0.05) is 61.3 Å². The van der Waals surface area contributed by atoms with Gasteiger partial charge in [-0.15, -0.1) is 0 Å². The maximum atomic E-state index is 4.97. The van der Waals surface area contributed by atoms with Gasteiger partial charge in [0.25, 0.3) is 0 Å². The van der Waals surface area contributed by atoms with Crippen molar-refractivity contribution in [2.24, 2.45) is 0 Å². The van der Waals surface area contributed by atoms with Gasteiger partial charge in [-0.3, -0.25) is 19.3 Å². The lowest BCUT2D eigenvalue weighted by Gasteiger charge is -2.36. The van der Waals surface area contributed by atoms with Crippen LogP contribution >= 0.6 is 0 Å². The molecule has 0 amide bonds. The van der Waals surface area contributed by atoms with E-state index in [1.807, 2.05) is 37.3 Å². The van der Waals surface area contributed by atoms with Crippen LogP contribution in [0.15, 0.2) is 73.1 Å². The Morgan fingerprint density at radius 3 is 2.58 bits per heavy atom. The van der Waals surface area contributed by atoms with Crippen molar-refractivity contribution >= 4 is 16.6 Å². The topological polar surface area (TPSA) is 49.6 Å². The summed E-state index contributed by atoms with van der Waals surface area (Å²) in [6.45, 7) is 12.5. The lowest BCUT2D eigenvalue weighted by atomic mass is 10.0. The lowest BCUT2D eigenvalue weighted by Crippen LogP contribution is -2.48. The number of hydrogen-bond acceptors (Lipinski definition) is 5. The summed E-state index contributed by atoms with van der Waals surface area (Å²) in [6, 6.07) is 21.7. The second-order valence-corrected chi connectivity index (χ2v) is 10.7. The zero-order chi connectivity index (χ0) is 26.1. The molecule has 6 nitrogen and oxygen atoms in total. The van der Waals surface area contributed by atoms with Crippen LogP contribution in [-0.2, 0) is 6.42 Å². The SMILES string of the molecule is Cc1cccc(-c2nc3ccccn3c2-c2ccc3ncc(CCCN4CCN(C(C)C)CC4)cc3c2)n1. The average Bonchev–Trinajstić information content (AvgIpc) is 3.33. The summed E-state index contributed by atoms with van der Waals surface area (Å²) in [4.78, 5) is 19.7. The molecular weight excluding hydrogens is 468 g/mol. The van der Waals surface area contributed by atoms with Gasteiger partial charge in [0.2, 0.25) is 0 Å². The third kappa shape index (κ3) is 5.06. The van der Waals surface area contributed by atoms with Gasteiger partial charge in [0.15, 0.2) is 0 Å². The van der Waals surface area contributed by atoms with Crippen LogP contribution in [0.1, 0.15) is 31.5 Å². The van der Waals surface area contributed by atoms with Crippen LogP contribution in [0.3, 0.4) is 0 Å². The Kier molecular flexibility index (Phi) is 6.92. The van der Waals surface area contributed by atoms with Gasteiger partial charge in [0.1, 0.15) is 11.3 Å². The fourth-order valence-corrected chi connectivity index (χ4v) is 5.60. The molecule has 1 fully saturated rings. The molecule has 194 valence electrons. The van der Waals surface area contributed by atoms with Crippen LogP contribution in [0.4, 0.5) is 0 Å². The van der Waals surface area contributed by atoms with Crippen molar-refractivity contribution in [1.29, 1.82) is 0 Å². The maximum absolute atomic E-state index is 4.97. The van der Waals surface area contributed by atoms with E-state index in [1.54, 1.807) is 0 Å². The zero-order valence-corrected chi connectivity index (χ0v) is 22.6. The summed E-state index contributed by atoms with van der Waals surface area (Å²) in [6.07, 6.45) is 6.34. The van der Waals surface area contributed by atoms with E-state index in [1.165, 1.54) is 37.1 Å². The number of imidazole rings is 1. The Labute approximate surface area is 225 Å². The summed E-state index contributed by atoms with van der Waals surface area (Å²) in [7, 11) is 0. The molecule has 0 spiro atoms. The second kappa shape index (κ2) is 10.6. The molecule has 5 heterocycles. The minimum Gasteiger partial charge on any atom is -0.301 e. The summed E-state index contributed by atoms with van der Waals surface area (Å²) in [5.41, 5.74) is 8.20. The Balaban J connectivity index is 1.26. The highest BCUT2D eigenvalue weighted by molar-refractivity contribution is 5.88. The number of fused-ring (bicyclic) bond motifs is 2. The number of piperazine rings is 1. The summed E-state index contributed by atoms with van der Waals surface area (Å²) in [5.74, 6) is 0. The van der Waals surface area contributed by atoms with Gasteiger partial charge in [-0.25, -0.2) is 4.98 Å². The largest absolute Gasteiger partial charge is 0.301 e. The molecule has 1 aromatic carbocycles. The van der Waals surface area contributed by atoms with Crippen molar-refractivity contribution in [2.45, 2.75) is 39.7 Å². The first-order chi connectivity index (χ1) is 18.5. The highest BCUT2D eigenvalue weighted by atomic mass is 15.3. The molecular formula is C32H36N6. The van der Waals surface area contributed by atoms with Gasteiger partial charge in [0.05, 0.1) is 16.9 Å². The summed E-state index contributed by atoms with van der Waals surface area (Å²) >= 11 is 0. The van der Waals surface area contributed by atoms with Crippen LogP contribution in [0.25, 0.3) is 39.2 Å². The standard InChI is InChI=1S/C32H36N6/c1-23(2)37-18-16-36(17-19-37)14-7-9-25-20-27-21-26(12-13-28(27)33-22-25)32-31(29-10-6-8-24(3)34-29)35-30-11-4-5-15-38(30)32/h4-6,8,10-13,15,20-23H,7,9,14,16-19H2,1-3H3. The van der Waals surface area contributed by atoms with Gasteiger partial charge < -0.3 is 4.90 Å². The Hall–Kier alpha value is -3.61. The lowest BCUT2D eigenvalue weighted by molar-refractivity contribution is 0.108. The number of hydrogen-bond donors (Lipinski definition) is 0. The van der Waals surface area contributed by atoms with E-state index < -0.39 is 0 Å². The maximum Gasteiger partial charge on any atom is 0.138 e. The van der Waals surface area contributed by atoms with Crippen LogP contribution in [0.2, 0.25) is 0 Å². The fourth-order valence-electron chi connectivity index (χ4n) is 5.60. The Bertz CT molecular complexity index is 1560. The van der Waals surface area contributed by atoms with Crippen LogP contribution < -0.4 is 0 Å². The monoisotopic (exact) mass is 504 g/mol. The third-order valence-electron chi connectivity index (χ3n) is 7.75. The molecule has 0 bridgehead atoms. The highest BCUT2D eigenvalue weighted by Crippen LogP contribution is 2.33. The van der Waals surface area contributed by atoms with Crippen LogP contribution in [-0.4, -0.2) is 67.9 Å². The van der Waals surface area contributed by atoms with E-state index in [0.29, 0.717) is 6.04 Å². The van der Waals surface area contributed by atoms with Crippen LogP contribution in [0.5, 0.6) is 0 Å².